The van der Waals surface area contributed by atoms with E-state index in [4.69, 9.17) is 4.74 Å². The van der Waals surface area contributed by atoms with Gasteiger partial charge in [0.25, 0.3) is 0 Å². The summed E-state index contributed by atoms with van der Waals surface area (Å²) < 4.78 is 5.95. The van der Waals surface area contributed by atoms with Crippen molar-refractivity contribution in [3.63, 3.8) is 0 Å². The average Bonchev–Trinajstić information content (AvgIpc) is 2.65. The number of fused-ring (bicyclic) bond motifs is 1. The fourth-order valence-electron chi connectivity index (χ4n) is 3.37. The van der Waals surface area contributed by atoms with Gasteiger partial charge in [0.2, 0.25) is 5.88 Å². The van der Waals surface area contributed by atoms with Crippen LogP contribution in [-0.2, 0) is 13.1 Å². The molecule has 25 heavy (non-hydrogen) atoms. The van der Waals surface area contributed by atoms with Crippen molar-refractivity contribution in [3.8, 4) is 17.0 Å². The molecule has 0 saturated carbocycles. The number of aromatic nitrogens is 1. The zero-order chi connectivity index (χ0) is 16.9. The topological polar surface area (TPSA) is 25.4 Å². The van der Waals surface area contributed by atoms with Gasteiger partial charge in [-0.2, -0.15) is 0 Å². The van der Waals surface area contributed by atoms with Gasteiger partial charge in [0.05, 0.1) is 6.61 Å². The van der Waals surface area contributed by atoms with Crippen molar-refractivity contribution in [2.75, 3.05) is 13.2 Å². The molecule has 3 aromatic rings. The fraction of sp³-hybridized carbons (Fsp3) is 0.227. The van der Waals surface area contributed by atoms with Crippen LogP contribution in [0.4, 0.5) is 0 Å². The highest BCUT2D eigenvalue weighted by Gasteiger charge is 2.19. The van der Waals surface area contributed by atoms with E-state index < -0.39 is 0 Å². The van der Waals surface area contributed by atoms with Crippen molar-refractivity contribution in [3.05, 3.63) is 84.1 Å². The molecular formula is C22H22N2O. The van der Waals surface area contributed by atoms with Gasteiger partial charge in [0.15, 0.2) is 0 Å². The van der Waals surface area contributed by atoms with E-state index in [2.05, 4.69) is 70.5 Å². The summed E-state index contributed by atoms with van der Waals surface area (Å²) in [7, 11) is 0. The Morgan fingerprint density at radius 2 is 1.68 bits per heavy atom. The molecule has 0 bridgehead atoms. The number of rotatable bonds is 3. The van der Waals surface area contributed by atoms with Crippen LogP contribution < -0.4 is 4.74 Å². The van der Waals surface area contributed by atoms with E-state index in [1.807, 2.05) is 12.3 Å². The van der Waals surface area contributed by atoms with E-state index in [9.17, 15) is 0 Å². The molecule has 4 rings (SSSR count). The van der Waals surface area contributed by atoms with Gasteiger partial charge in [-0.1, -0.05) is 60.7 Å². The first-order valence-electron chi connectivity index (χ1n) is 8.82. The van der Waals surface area contributed by atoms with Crippen molar-refractivity contribution in [2.45, 2.75) is 19.5 Å². The zero-order valence-corrected chi connectivity index (χ0v) is 14.3. The summed E-state index contributed by atoms with van der Waals surface area (Å²) in [5, 5.41) is 0. The number of ether oxygens (including phenoxy) is 1. The van der Waals surface area contributed by atoms with Crippen LogP contribution in [0.3, 0.4) is 0 Å². The summed E-state index contributed by atoms with van der Waals surface area (Å²) in [6.07, 6.45) is 2.87. The van der Waals surface area contributed by atoms with Crippen LogP contribution >= 0.6 is 0 Å². The number of hydrogen-bond acceptors (Lipinski definition) is 3. The molecule has 0 radical (unpaired) electrons. The minimum atomic E-state index is 0.712. The van der Waals surface area contributed by atoms with Crippen LogP contribution in [-0.4, -0.2) is 23.0 Å². The van der Waals surface area contributed by atoms with Gasteiger partial charge < -0.3 is 4.74 Å². The van der Waals surface area contributed by atoms with Crippen LogP contribution in [0.2, 0.25) is 0 Å². The molecule has 1 aliphatic rings. The molecule has 1 aliphatic heterocycles. The standard InChI is InChI=1S/C22H22N2O/c1-3-8-18(9-4-1)16-24-14-7-15-25-22-21(17-24)20(12-13-23-22)19-10-5-2-6-11-19/h1-6,8-13H,7,14-17H2. The van der Waals surface area contributed by atoms with E-state index in [1.54, 1.807) is 0 Å². The molecule has 0 atom stereocenters. The quantitative estimate of drug-likeness (QED) is 0.705. The van der Waals surface area contributed by atoms with Crippen molar-refractivity contribution < 1.29 is 4.74 Å². The lowest BCUT2D eigenvalue weighted by molar-refractivity contribution is 0.196. The summed E-state index contributed by atoms with van der Waals surface area (Å²) in [5.74, 6) is 0.777. The van der Waals surface area contributed by atoms with Gasteiger partial charge in [0.1, 0.15) is 0 Å². The molecular weight excluding hydrogens is 308 g/mol. The molecule has 126 valence electrons. The second-order valence-corrected chi connectivity index (χ2v) is 6.41. The summed E-state index contributed by atoms with van der Waals surface area (Å²) in [6, 6.07) is 23.3. The summed E-state index contributed by atoms with van der Waals surface area (Å²) >= 11 is 0. The Hall–Kier alpha value is -2.65. The maximum absolute atomic E-state index is 5.95. The van der Waals surface area contributed by atoms with Gasteiger partial charge in [-0.05, 0) is 29.2 Å². The van der Waals surface area contributed by atoms with Crippen molar-refractivity contribution in [2.24, 2.45) is 0 Å². The monoisotopic (exact) mass is 330 g/mol. The molecule has 0 spiro atoms. The predicted octanol–water partition coefficient (Wildman–Crippen LogP) is 4.53. The average molecular weight is 330 g/mol. The van der Waals surface area contributed by atoms with Gasteiger partial charge in [-0.25, -0.2) is 4.98 Å². The Morgan fingerprint density at radius 3 is 2.48 bits per heavy atom. The van der Waals surface area contributed by atoms with Gasteiger partial charge in [-0.15, -0.1) is 0 Å². The first-order valence-corrected chi connectivity index (χ1v) is 8.82. The number of pyridine rings is 1. The van der Waals surface area contributed by atoms with Gasteiger partial charge in [0, 0.05) is 31.4 Å². The lowest BCUT2D eigenvalue weighted by Gasteiger charge is -2.27. The third kappa shape index (κ3) is 3.72. The molecule has 3 nitrogen and oxygen atoms in total. The Morgan fingerprint density at radius 1 is 0.920 bits per heavy atom. The van der Waals surface area contributed by atoms with Gasteiger partial charge >= 0.3 is 0 Å². The number of nitrogens with zero attached hydrogens (tertiary/aromatic N) is 2. The highest BCUT2D eigenvalue weighted by molar-refractivity contribution is 5.68. The second-order valence-electron chi connectivity index (χ2n) is 6.41. The van der Waals surface area contributed by atoms with Crippen LogP contribution in [0.15, 0.2) is 72.9 Å². The SMILES string of the molecule is c1ccc(CN2CCCOc3nccc(-c4ccccc4)c3C2)cc1. The van der Waals surface area contributed by atoms with E-state index in [0.29, 0.717) is 6.61 Å². The summed E-state index contributed by atoms with van der Waals surface area (Å²) in [5.41, 5.74) is 4.95. The molecule has 0 N–H and O–H groups in total. The Balaban J connectivity index is 1.68. The lowest BCUT2D eigenvalue weighted by Crippen LogP contribution is -2.28. The maximum atomic E-state index is 5.95. The fourth-order valence-corrected chi connectivity index (χ4v) is 3.37. The Labute approximate surface area is 148 Å². The lowest BCUT2D eigenvalue weighted by atomic mass is 10.0. The predicted molar refractivity (Wildman–Crippen MR) is 100 cm³/mol. The highest BCUT2D eigenvalue weighted by atomic mass is 16.5. The molecule has 3 heteroatoms. The van der Waals surface area contributed by atoms with Crippen LogP contribution in [0.5, 0.6) is 5.88 Å². The van der Waals surface area contributed by atoms with E-state index >= 15 is 0 Å². The molecule has 2 heterocycles. The Bertz CT molecular complexity index is 818. The van der Waals surface area contributed by atoms with Crippen LogP contribution in [0.25, 0.3) is 11.1 Å². The van der Waals surface area contributed by atoms with Crippen molar-refractivity contribution >= 4 is 0 Å². The van der Waals surface area contributed by atoms with E-state index in [1.165, 1.54) is 22.3 Å². The molecule has 0 fully saturated rings. The minimum Gasteiger partial charge on any atom is -0.477 e. The van der Waals surface area contributed by atoms with E-state index in [0.717, 1.165) is 31.9 Å². The molecule has 2 aromatic carbocycles. The molecule has 0 amide bonds. The highest BCUT2D eigenvalue weighted by Crippen LogP contribution is 2.31. The van der Waals surface area contributed by atoms with Crippen LogP contribution in [0, 0.1) is 0 Å². The number of hydrogen-bond donors (Lipinski definition) is 0. The number of benzene rings is 2. The second kappa shape index (κ2) is 7.49. The third-order valence-corrected chi connectivity index (χ3v) is 4.59. The van der Waals surface area contributed by atoms with Gasteiger partial charge in [-0.3, -0.25) is 4.90 Å². The molecule has 1 aromatic heterocycles. The normalized spacial score (nSPS) is 14.9. The Kier molecular flexibility index (Phi) is 4.75. The molecule has 0 saturated heterocycles. The third-order valence-electron chi connectivity index (χ3n) is 4.59. The first-order chi connectivity index (χ1) is 12.4. The first kappa shape index (κ1) is 15.9. The molecule has 0 aliphatic carbocycles. The molecule has 0 unspecified atom stereocenters. The van der Waals surface area contributed by atoms with Crippen molar-refractivity contribution in [1.29, 1.82) is 0 Å². The minimum absolute atomic E-state index is 0.712. The zero-order valence-electron chi connectivity index (χ0n) is 14.3. The van der Waals surface area contributed by atoms with E-state index in [-0.39, 0.29) is 0 Å². The summed E-state index contributed by atoms with van der Waals surface area (Å²) in [6.45, 7) is 3.53. The largest absolute Gasteiger partial charge is 0.477 e. The summed E-state index contributed by atoms with van der Waals surface area (Å²) in [4.78, 5) is 6.99. The maximum Gasteiger partial charge on any atom is 0.218 e. The van der Waals surface area contributed by atoms with Crippen LogP contribution in [0.1, 0.15) is 17.5 Å². The smallest absolute Gasteiger partial charge is 0.218 e. The van der Waals surface area contributed by atoms with Crippen molar-refractivity contribution in [1.82, 2.24) is 9.88 Å².